The van der Waals surface area contributed by atoms with Gasteiger partial charge in [0.2, 0.25) is 5.91 Å². The number of hydrogen-bond donors (Lipinski definition) is 2. The average Bonchev–Trinajstić information content (AvgIpc) is 2.46. The minimum Gasteiger partial charge on any atom is -0.390 e. The van der Waals surface area contributed by atoms with Gasteiger partial charge in [-0.2, -0.15) is 0 Å². The van der Waals surface area contributed by atoms with E-state index in [4.69, 9.17) is 4.74 Å². The summed E-state index contributed by atoms with van der Waals surface area (Å²) in [5.41, 5.74) is 0.382. The lowest BCUT2D eigenvalue weighted by molar-refractivity contribution is -0.127. The monoisotopic (exact) mass is 298 g/mol. The lowest BCUT2D eigenvalue weighted by Crippen LogP contribution is -2.45. The van der Waals surface area contributed by atoms with Crippen LogP contribution in [0.5, 0.6) is 0 Å². The molecule has 21 heavy (non-hydrogen) atoms. The van der Waals surface area contributed by atoms with Crippen LogP contribution in [0.25, 0.3) is 0 Å². The summed E-state index contributed by atoms with van der Waals surface area (Å²) in [6.45, 7) is 8.71. The van der Waals surface area contributed by atoms with Crippen LogP contribution >= 0.6 is 0 Å². The molecule has 1 unspecified atom stereocenters. The van der Waals surface area contributed by atoms with Gasteiger partial charge in [-0.25, -0.2) is 0 Å². The molecule has 1 atom stereocenters. The molecule has 122 valence electrons. The molecule has 0 aromatic carbocycles. The maximum Gasteiger partial charge on any atom is 0.223 e. The molecular formula is C16H30N2O3. The molecule has 0 bridgehead atoms. The summed E-state index contributed by atoms with van der Waals surface area (Å²) in [5, 5.41) is 13.0. The van der Waals surface area contributed by atoms with Crippen molar-refractivity contribution in [2.75, 3.05) is 39.4 Å². The second-order valence-electron chi connectivity index (χ2n) is 7.25. The summed E-state index contributed by atoms with van der Waals surface area (Å²) in [4.78, 5) is 14.3. The summed E-state index contributed by atoms with van der Waals surface area (Å²) < 4.78 is 5.28. The normalized spacial score (nSPS) is 25.5. The van der Waals surface area contributed by atoms with Gasteiger partial charge in [-0.05, 0) is 31.1 Å². The van der Waals surface area contributed by atoms with E-state index in [-0.39, 0.29) is 11.8 Å². The number of β-amino-alcohol motifs (C(OH)–C–C–N with tert-alkyl or cyclic N) is 1. The number of nitrogens with one attached hydrogen (secondary N) is 1. The first-order chi connectivity index (χ1) is 9.96. The first-order valence-electron chi connectivity index (χ1n) is 8.22. The van der Waals surface area contributed by atoms with Crippen molar-refractivity contribution < 1.29 is 14.6 Å². The van der Waals surface area contributed by atoms with Crippen LogP contribution in [-0.4, -0.2) is 61.4 Å². The van der Waals surface area contributed by atoms with Crippen LogP contribution < -0.4 is 5.32 Å². The molecule has 5 heteroatoms. The van der Waals surface area contributed by atoms with E-state index < -0.39 is 6.10 Å². The molecule has 5 nitrogen and oxygen atoms in total. The van der Waals surface area contributed by atoms with Gasteiger partial charge >= 0.3 is 0 Å². The van der Waals surface area contributed by atoms with Gasteiger partial charge in [0.1, 0.15) is 0 Å². The van der Waals surface area contributed by atoms with E-state index >= 15 is 0 Å². The highest BCUT2D eigenvalue weighted by Gasteiger charge is 2.30. The van der Waals surface area contributed by atoms with Crippen molar-refractivity contribution in [3.63, 3.8) is 0 Å². The zero-order valence-electron chi connectivity index (χ0n) is 13.4. The van der Waals surface area contributed by atoms with Gasteiger partial charge in [0.05, 0.1) is 19.3 Å². The van der Waals surface area contributed by atoms with Gasteiger partial charge in [-0.15, -0.1) is 0 Å². The fourth-order valence-electron chi connectivity index (χ4n) is 3.17. The van der Waals surface area contributed by atoms with Gasteiger partial charge in [0.25, 0.3) is 0 Å². The Morgan fingerprint density at radius 3 is 2.57 bits per heavy atom. The maximum absolute atomic E-state index is 12.1. The van der Waals surface area contributed by atoms with Crippen molar-refractivity contribution in [1.29, 1.82) is 0 Å². The zero-order chi connectivity index (χ0) is 15.3. The molecule has 1 aliphatic carbocycles. The first-order valence-corrected chi connectivity index (χ1v) is 8.22. The number of ether oxygens (including phenoxy) is 1. The third-order valence-electron chi connectivity index (χ3n) is 4.79. The van der Waals surface area contributed by atoms with E-state index in [1.807, 2.05) is 0 Å². The van der Waals surface area contributed by atoms with Crippen molar-refractivity contribution in [2.24, 2.45) is 11.3 Å². The number of carbonyl (C=O) groups excluding carboxylic acids is 1. The topological polar surface area (TPSA) is 61.8 Å². The predicted octanol–water partition coefficient (Wildman–Crippen LogP) is 1.01. The maximum atomic E-state index is 12.1. The summed E-state index contributed by atoms with van der Waals surface area (Å²) >= 11 is 0. The molecule has 0 spiro atoms. The number of aliphatic hydroxyl groups is 1. The highest BCUT2D eigenvalue weighted by Crippen LogP contribution is 2.37. The molecule has 2 N–H and O–H groups in total. The Bertz CT molecular complexity index is 330. The van der Waals surface area contributed by atoms with Gasteiger partial charge in [0, 0.05) is 32.1 Å². The fraction of sp³-hybridized carbons (Fsp3) is 0.938. The minimum atomic E-state index is -0.493. The van der Waals surface area contributed by atoms with E-state index in [1.54, 1.807) is 0 Å². The Hall–Kier alpha value is -0.650. The zero-order valence-corrected chi connectivity index (χ0v) is 13.4. The van der Waals surface area contributed by atoms with Crippen LogP contribution in [0.2, 0.25) is 0 Å². The summed E-state index contributed by atoms with van der Waals surface area (Å²) in [6.07, 6.45) is 3.67. The molecule has 1 saturated heterocycles. The lowest BCUT2D eigenvalue weighted by Gasteiger charge is -2.33. The third kappa shape index (κ3) is 5.57. The molecule has 2 fully saturated rings. The van der Waals surface area contributed by atoms with Crippen LogP contribution in [0.15, 0.2) is 0 Å². The number of carbonyl (C=O) groups is 1. The summed E-state index contributed by atoms with van der Waals surface area (Å²) in [5.74, 6) is 0.250. The Morgan fingerprint density at radius 2 is 1.95 bits per heavy atom. The van der Waals surface area contributed by atoms with Crippen molar-refractivity contribution in [3.8, 4) is 0 Å². The van der Waals surface area contributed by atoms with Gasteiger partial charge in [-0.3, -0.25) is 9.69 Å². The molecule has 1 aliphatic heterocycles. The number of rotatable bonds is 5. The van der Waals surface area contributed by atoms with Crippen LogP contribution in [0.1, 0.15) is 39.5 Å². The van der Waals surface area contributed by atoms with Crippen LogP contribution in [0, 0.1) is 11.3 Å². The van der Waals surface area contributed by atoms with Crippen molar-refractivity contribution in [1.82, 2.24) is 10.2 Å². The Balaban J connectivity index is 1.64. The third-order valence-corrected chi connectivity index (χ3v) is 4.79. The van der Waals surface area contributed by atoms with Gasteiger partial charge in [-0.1, -0.05) is 13.8 Å². The molecule has 2 aliphatic rings. The fourth-order valence-corrected chi connectivity index (χ4v) is 3.17. The van der Waals surface area contributed by atoms with Gasteiger partial charge < -0.3 is 15.2 Å². The molecule has 0 radical (unpaired) electrons. The highest BCUT2D eigenvalue weighted by molar-refractivity contribution is 5.78. The first kappa shape index (κ1) is 16.7. The Labute approximate surface area is 128 Å². The molecule has 1 heterocycles. The molecular weight excluding hydrogens is 268 g/mol. The number of aliphatic hydroxyl groups excluding tert-OH is 1. The molecule has 0 aromatic rings. The largest absolute Gasteiger partial charge is 0.390 e. The van der Waals surface area contributed by atoms with Gasteiger partial charge in [0.15, 0.2) is 0 Å². The number of morpholine rings is 1. The molecule has 1 saturated carbocycles. The lowest BCUT2D eigenvalue weighted by atomic mass is 9.73. The SMILES string of the molecule is CC1(C)CCC(C(=O)NCC(O)CN2CCOCC2)CC1. The number of amides is 1. The van der Waals surface area contributed by atoms with Crippen molar-refractivity contribution in [3.05, 3.63) is 0 Å². The Kier molecular flexibility index (Phi) is 6.02. The average molecular weight is 298 g/mol. The standard InChI is InChI=1S/C16H30N2O3/c1-16(2)5-3-13(4-6-16)15(20)17-11-14(19)12-18-7-9-21-10-8-18/h13-14,19H,3-12H2,1-2H3,(H,17,20). The van der Waals surface area contributed by atoms with Crippen LogP contribution in [0.3, 0.4) is 0 Å². The number of hydrogen-bond acceptors (Lipinski definition) is 4. The van der Waals surface area contributed by atoms with E-state index in [1.165, 1.54) is 0 Å². The molecule has 1 amide bonds. The van der Waals surface area contributed by atoms with E-state index in [0.717, 1.165) is 52.0 Å². The summed E-state index contributed by atoms with van der Waals surface area (Å²) in [6, 6.07) is 0. The van der Waals surface area contributed by atoms with Crippen LogP contribution in [0.4, 0.5) is 0 Å². The quantitative estimate of drug-likeness (QED) is 0.795. The van der Waals surface area contributed by atoms with Crippen molar-refractivity contribution >= 4 is 5.91 Å². The van der Waals surface area contributed by atoms with E-state index in [0.29, 0.717) is 18.5 Å². The van der Waals surface area contributed by atoms with E-state index in [2.05, 4.69) is 24.1 Å². The Morgan fingerprint density at radius 1 is 1.33 bits per heavy atom. The second kappa shape index (κ2) is 7.56. The van der Waals surface area contributed by atoms with E-state index in [9.17, 15) is 9.90 Å². The second-order valence-corrected chi connectivity index (χ2v) is 7.25. The van der Waals surface area contributed by atoms with Crippen LogP contribution in [-0.2, 0) is 9.53 Å². The molecule has 0 aromatic heterocycles. The predicted molar refractivity (Wildman–Crippen MR) is 82.0 cm³/mol. The number of nitrogens with zero attached hydrogens (tertiary/aromatic N) is 1. The highest BCUT2D eigenvalue weighted by atomic mass is 16.5. The minimum absolute atomic E-state index is 0.117. The summed E-state index contributed by atoms with van der Waals surface area (Å²) in [7, 11) is 0. The van der Waals surface area contributed by atoms with Crippen molar-refractivity contribution in [2.45, 2.75) is 45.6 Å². The smallest absolute Gasteiger partial charge is 0.223 e. The molecule has 2 rings (SSSR count).